The first-order valence-electron chi connectivity index (χ1n) is 7.05. The number of carbonyl (C=O) groups excluding carboxylic acids is 4. The molecule has 24 heavy (non-hydrogen) atoms. The summed E-state index contributed by atoms with van der Waals surface area (Å²) in [5, 5.41) is 2.59. The fourth-order valence-corrected chi connectivity index (χ4v) is 2.31. The number of urea groups is 1. The molecule has 1 aliphatic rings. The van der Waals surface area contributed by atoms with Crippen molar-refractivity contribution in [2.75, 3.05) is 32.1 Å². The summed E-state index contributed by atoms with van der Waals surface area (Å²) in [6.45, 7) is 0.795. The molecular formula is C15H16BrN3O5. The Bertz CT molecular complexity index is 706. The monoisotopic (exact) mass is 397 g/mol. The number of nitrogens with zero attached hydrogens (tertiary/aromatic N) is 2. The van der Waals surface area contributed by atoms with Gasteiger partial charge in [0.25, 0.3) is 11.8 Å². The quantitative estimate of drug-likeness (QED) is 0.593. The molecular weight excluding hydrogens is 382 g/mol. The number of nitrogens with one attached hydrogen (secondary N) is 1. The lowest BCUT2D eigenvalue weighted by molar-refractivity contribution is -0.149. The number of imide groups is 1. The summed E-state index contributed by atoms with van der Waals surface area (Å²) in [6, 6.07) is 4.69. The highest BCUT2D eigenvalue weighted by molar-refractivity contribution is 9.10. The van der Waals surface area contributed by atoms with Gasteiger partial charge in [-0.25, -0.2) is 4.79 Å². The Hall–Kier alpha value is -2.42. The Kier molecular flexibility index (Phi) is 5.55. The number of hydrogen-bond donors (Lipinski definition) is 1. The van der Waals surface area contributed by atoms with Crippen LogP contribution < -0.4 is 5.32 Å². The summed E-state index contributed by atoms with van der Waals surface area (Å²) in [6.07, 6.45) is 0. The van der Waals surface area contributed by atoms with Crippen molar-refractivity contribution in [3.63, 3.8) is 0 Å². The number of halogens is 1. The first-order chi connectivity index (χ1) is 11.3. The number of anilines is 1. The second-order valence-corrected chi connectivity index (χ2v) is 6.15. The molecule has 2 rings (SSSR count). The molecule has 1 heterocycles. The van der Waals surface area contributed by atoms with E-state index in [1.807, 2.05) is 6.92 Å². The van der Waals surface area contributed by atoms with Gasteiger partial charge in [0.05, 0.1) is 0 Å². The Morgan fingerprint density at radius 3 is 2.62 bits per heavy atom. The number of hydrogen-bond acceptors (Lipinski definition) is 5. The van der Waals surface area contributed by atoms with Crippen molar-refractivity contribution in [3.8, 4) is 0 Å². The van der Waals surface area contributed by atoms with E-state index in [1.165, 1.54) is 11.9 Å². The number of amides is 4. The molecule has 128 valence electrons. The Labute approximate surface area is 146 Å². The van der Waals surface area contributed by atoms with Gasteiger partial charge in [0, 0.05) is 17.2 Å². The van der Waals surface area contributed by atoms with Crippen LogP contribution in [0.1, 0.15) is 5.56 Å². The van der Waals surface area contributed by atoms with Crippen LogP contribution >= 0.6 is 15.9 Å². The first kappa shape index (κ1) is 17.9. The van der Waals surface area contributed by atoms with Gasteiger partial charge < -0.3 is 15.0 Å². The minimum atomic E-state index is -0.825. The normalized spacial score (nSPS) is 14.1. The predicted octanol–water partition coefficient (Wildman–Crippen LogP) is 1.13. The third kappa shape index (κ3) is 4.31. The number of likely N-dealkylation sites (N-methyl/N-ethyl adjacent to an activating group) is 1. The van der Waals surface area contributed by atoms with Gasteiger partial charge in [0.1, 0.15) is 13.1 Å². The minimum absolute atomic E-state index is 0.0739. The average Bonchev–Trinajstić information content (AvgIpc) is 2.75. The minimum Gasteiger partial charge on any atom is -0.454 e. The summed E-state index contributed by atoms with van der Waals surface area (Å²) >= 11 is 3.36. The van der Waals surface area contributed by atoms with Gasteiger partial charge in [-0.3, -0.25) is 19.3 Å². The fraction of sp³-hybridized carbons (Fsp3) is 0.333. The maximum Gasteiger partial charge on any atom is 0.327 e. The molecule has 1 saturated heterocycles. The highest BCUT2D eigenvalue weighted by Gasteiger charge is 2.35. The average molecular weight is 398 g/mol. The van der Waals surface area contributed by atoms with Crippen molar-refractivity contribution in [1.29, 1.82) is 0 Å². The van der Waals surface area contributed by atoms with Crippen LogP contribution in [0.3, 0.4) is 0 Å². The zero-order valence-corrected chi connectivity index (χ0v) is 14.8. The van der Waals surface area contributed by atoms with Gasteiger partial charge in [-0.1, -0.05) is 15.9 Å². The van der Waals surface area contributed by atoms with Crippen molar-refractivity contribution < 1.29 is 23.9 Å². The molecule has 0 saturated carbocycles. The lowest BCUT2D eigenvalue weighted by Gasteiger charge is -2.13. The van der Waals surface area contributed by atoms with Gasteiger partial charge in [0.15, 0.2) is 6.61 Å². The Morgan fingerprint density at radius 2 is 2.04 bits per heavy atom. The third-order valence-electron chi connectivity index (χ3n) is 3.32. The summed E-state index contributed by atoms with van der Waals surface area (Å²) in [5.41, 5.74) is 1.52. The lowest BCUT2D eigenvalue weighted by atomic mass is 10.2. The molecule has 1 N–H and O–H groups in total. The van der Waals surface area contributed by atoms with Crippen LogP contribution in [0.5, 0.6) is 0 Å². The van der Waals surface area contributed by atoms with E-state index in [-0.39, 0.29) is 6.54 Å². The third-order valence-corrected chi connectivity index (χ3v) is 4.21. The SMILES string of the molecule is Cc1cc(NC(=O)COC(=O)CN2C(=O)CN(C)C2=O)ccc1Br. The Balaban J connectivity index is 1.81. The number of aryl methyl sites for hydroxylation is 1. The van der Waals surface area contributed by atoms with Gasteiger partial charge >= 0.3 is 12.0 Å². The fourth-order valence-electron chi connectivity index (χ4n) is 2.06. The topological polar surface area (TPSA) is 96.0 Å². The molecule has 4 amide bonds. The molecule has 1 aliphatic heterocycles. The number of rotatable bonds is 5. The zero-order valence-electron chi connectivity index (χ0n) is 13.2. The van der Waals surface area contributed by atoms with Crippen LogP contribution in [-0.4, -0.2) is 60.4 Å². The number of esters is 1. The smallest absolute Gasteiger partial charge is 0.327 e. The van der Waals surface area contributed by atoms with Gasteiger partial charge in [-0.05, 0) is 30.7 Å². The van der Waals surface area contributed by atoms with Crippen molar-refractivity contribution in [1.82, 2.24) is 9.80 Å². The molecule has 0 aromatic heterocycles. The second-order valence-electron chi connectivity index (χ2n) is 5.29. The van der Waals surface area contributed by atoms with Crippen molar-refractivity contribution >= 4 is 45.4 Å². The maximum absolute atomic E-state index is 11.8. The van der Waals surface area contributed by atoms with Crippen LogP contribution in [0, 0.1) is 6.92 Å². The molecule has 0 atom stereocenters. The van der Waals surface area contributed by atoms with Crippen molar-refractivity contribution in [2.45, 2.75) is 6.92 Å². The zero-order chi connectivity index (χ0) is 17.9. The van der Waals surface area contributed by atoms with Crippen molar-refractivity contribution in [3.05, 3.63) is 28.2 Å². The van der Waals surface area contributed by atoms with Gasteiger partial charge in [0.2, 0.25) is 0 Å². The molecule has 8 nitrogen and oxygen atoms in total. The van der Waals surface area contributed by atoms with Gasteiger partial charge in [-0.2, -0.15) is 0 Å². The van der Waals surface area contributed by atoms with E-state index in [0.717, 1.165) is 14.9 Å². The van der Waals surface area contributed by atoms with Crippen molar-refractivity contribution in [2.24, 2.45) is 0 Å². The molecule has 0 aliphatic carbocycles. The van der Waals surface area contributed by atoms with E-state index in [0.29, 0.717) is 5.69 Å². The molecule has 1 aromatic rings. The molecule has 0 bridgehead atoms. The molecule has 0 radical (unpaired) electrons. The molecule has 0 spiro atoms. The summed E-state index contributed by atoms with van der Waals surface area (Å²) in [5.74, 6) is -1.82. The lowest BCUT2D eigenvalue weighted by Crippen LogP contribution is -2.37. The van der Waals surface area contributed by atoms with Crippen LogP contribution in [0.15, 0.2) is 22.7 Å². The number of ether oxygens (including phenoxy) is 1. The van der Waals surface area contributed by atoms with Crippen LogP contribution in [0.4, 0.5) is 10.5 Å². The standard InChI is InChI=1S/C15H16BrN3O5/c1-9-5-10(3-4-11(9)16)17-12(20)8-24-14(22)7-19-13(21)6-18(2)15(19)23/h3-5H,6-8H2,1-2H3,(H,17,20). The summed E-state index contributed by atoms with van der Waals surface area (Å²) < 4.78 is 5.71. The first-order valence-corrected chi connectivity index (χ1v) is 7.84. The predicted molar refractivity (Wildman–Crippen MR) is 88.2 cm³/mol. The maximum atomic E-state index is 11.8. The van der Waals surface area contributed by atoms with E-state index in [9.17, 15) is 19.2 Å². The summed E-state index contributed by atoms with van der Waals surface area (Å²) in [7, 11) is 1.46. The Morgan fingerprint density at radius 1 is 1.33 bits per heavy atom. The van der Waals surface area contributed by atoms with Crippen LogP contribution in [0.2, 0.25) is 0 Å². The highest BCUT2D eigenvalue weighted by Crippen LogP contribution is 2.19. The number of benzene rings is 1. The molecule has 1 fully saturated rings. The summed E-state index contributed by atoms with van der Waals surface area (Å²) in [4.78, 5) is 48.6. The van der Waals surface area contributed by atoms with E-state index >= 15 is 0 Å². The van der Waals surface area contributed by atoms with Gasteiger partial charge in [-0.15, -0.1) is 0 Å². The van der Waals surface area contributed by atoms with E-state index in [2.05, 4.69) is 21.2 Å². The van der Waals surface area contributed by atoms with E-state index < -0.39 is 37.0 Å². The largest absolute Gasteiger partial charge is 0.454 e. The van der Waals surface area contributed by atoms with E-state index in [4.69, 9.17) is 4.74 Å². The van der Waals surface area contributed by atoms with Crippen LogP contribution in [-0.2, 0) is 19.1 Å². The molecule has 1 aromatic carbocycles. The van der Waals surface area contributed by atoms with Crippen LogP contribution in [0.25, 0.3) is 0 Å². The molecule has 9 heteroatoms. The van der Waals surface area contributed by atoms with E-state index in [1.54, 1.807) is 18.2 Å². The highest BCUT2D eigenvalue weighted by atomic mass is 79.9. The molecule has 0 unspecified atom stereocenters. The number of carbonyl (C=O) groups is 4. The second kappa shape index (κ2) is 7.43.